The van der Waals surface area contributed by atoms with E-state index in [1.807, 2.05) is 12.1 Å². The molecule has 8 heteroatoms. The number of carbonyl (C=O) groups is 2. The van der Waals surface area contributed by atoms with Gasteiger partial charge >= 0.3 is 6.03 Å². The van der Waals surface area contributed by atoms with Crippen LogP contribution >= 0.6 is 11.3 Å². The second-order valence-electron chi connectivity index (χ2n) is 6.03. The van der Waals surface area contributed by atoms with Gasteiger partial charge in [-0.1, -0.05) is 12.8 Å². The Morgan fingerprint density at radius 2 is 1.96 bits per heavy atom. The van der Waals surface area contributed by atoms with Crippen molar-refractivity contribution in [3.05, 3.63) is 41.2 Å². The quantitative estimate of drug-likeness (QED) is 0.738. The Hall–Kier alpha value is -2.48. The average Bonchev–Trinajstić information content (AvgIpc) is 3.26. The lowest BCUT2D eigenvalue weighted by atomic mass is 10.2. The summed E-state index contributed by atoms with van der Waals surface area (Å²) in [5, 5.41) is 10.8. The Bertz CT molecular complexity index is 713. The van der Waals surface area contributed by atoms with E-state index in [0.717, 1.165) is 18.4 Å². The van der Waals surface area contributed by atoms with Gasteiger partial charge in [-0.15, -0.1) is 11.3 Å². The molecule has 0 spiro atoms. The molecule has 1 fully saturated rings. The Labute approximate surface area is 150 Å². The number of thiazole rings is 1. The van der Waals surface area contributed by atoms with E-state index < -0.39 is 0 Å². The molecule has 7 nitrogen and oxygen atoms in total. The largest absolute Gasteiger partial charge is 0.352 e. The zero-order chi connectivity index (χ0) is 17.5. The first-order valence-corrected chi connectivity index (χ1v) is 9.24. The molecule has 2 heterocycles. The second kappa shape index (κ2) is 8.57. The van der Waals surface area contributed by atoms with Gasteiger partial charge in [0.2, 0.25) is 5.91 Å². The van der Waals surface area contributed by atoms with E-state index in [9.17, 15) is 9.59 Å². The molecule has 2 aromatic heterocycles. The molecule has 0 aliphatic heterocycles. The lowest BCUT2D eigenvalue weighted by molar-refractivity contribution is -0.120. The fourth-order valence-electron chi connectivity index (χ4n) is 2.76. The Morgan fingerprint density at radius 3 is 2.72 bits per heavy atom. The monoisotopic (exact) mass is 359 g/mol. The third-order valence-electron chi connectivity index (χ3n) is 4.04. The summed E-state index contributed by atoms with van der Waals surface area (Å²) in [6.45, 7) is 0.459. The molecular formula is C17H21N5O2S. The highest BCUT2D eigenvalue weighted by Gasteiger charge is 2.17. The van der Waals surface area contributed by atoms with Crippen LogP contribution in [0.15, 0.2) is 29.9 Å². The molecule has 3 rings (SSSR count). The summed E-state index contributed by atoms with van der Waals surface area (Å²) in [7, 11) is 0. The van der Waals surface area contributed by atoms with Gasteiger partial charge in [-0.25, -0.2) is 9.78 Å². The molecule has 25 heavy (non-hydrogen) atoms. The third kappa shape index (κ3) is 5.53. The van der Waals surface area contributed by atoms with Crippen molar-refractivity contribution in [1.29, 1.82) is 0 Å². The summed E-state index contributed by atoms with van der Waals surface area (Å²) in [6, 6.07) is 3.75. The zero-order valence-electron chi connectivity index (χ0n) is 13.8. The smallest absolute Gasteiger partial charge is 0.321 e. The van der Waals surface area contributed by atoms with Crippen molar-refractivity contribution < 1.29 is 9.59 Å². The Kier molecular flexibility index (Phi) is 5.95. The lowest BCUT2D eigenvalue weighted by Crippen LogP contribution is -2.36. The van der Waals surface area contributed by atoms with E-state index in [2.05, 4.69) is 25.9 Å². The minimum Gasteiger partial charge on any atom is -0.352 e. The predicted molar refractivity (Wildman–Crippen MR) is 96.3 cm³/mol. The summed E-state index contributed by atoms with van der Waals surface area (Å²) in [5.41, 5.74) is 1.64. The Morgan fingerprint density at radius 1 is 1.20 bits per heavy atom. The average molecular weight is 359 g/mol. The van der Waals surface area contributed by atoms with Crippen LogP contribution in [0.1, 0.15) is 36.9 Å². The van der Waals surface area contributed by atoms with Crippen LogP contribution < -0.4 is 16.0 Å². The molecule has 1 aliphatic rings. The van der Waals surface area contributed by atoms with Gasteiger partial charge in [0.25, 0.3) is 0 Å². The maximum absolute atomic E-state index is 12.0. The van der Waals surface area contributed by atoms with E-state index in [0.29, 0.717) is 17.4 Å². The van der Waals surface area contributed by atoms with Crippen LogP contribution in [0.4, 0.5) is 9.93 Å². The molecule has 3 amide bonds. The molecule has 0 bridgehead atoms. The zero-order valence-corrected chi connectivity index (χ0v) is 14.6. The molecule has 0 aromatic carbocycles. The second-order valence-corrected chi connectivity index (χ2v) is 6.89. The molecule has 1 aliphatic carbocycles. The normalized spacial score (nSPS) is 14.2. The lowest BCUT2D eigenvalue weighted by Gasteiger charge is -2.11. The first-order valence-electron chi connectivity index (χ1n) is 8.36. The minimum atomic E-state index is -0.227. The molecule has 3 N–H and O–H groups in total. The van der Waals surface area contributed by atoms with Crippen LogP contribution in [0.25, 0.3) is 0 Å². The van der Waals surface area contributed by atoms with Crippen molar-refractivity contribution in [1.82, 2.24) is 20.6 Å². The summed E-state index contributed by atoms with van der Waals surface area (Å²) in [5.74, 6) is -0.107. The van der Waals surface area contributed by atoms with Crippen molar-refractivity contribution in [3.63, 3.8) is 0 Å². The number of nitrogens with zero attached hydrogens (tertiary/aromatic N) is 2. The molecule has 2 aromatic rings. The van der Waals surface area contributed by atoms with E-state index >= 15 is 0 Å². The van der Waals surface area contributed by atoms with Crippen LogP contribution in [-0.2, 0) is 17.8 Å². The van der Waals surface area contributed by atoms with Crippen molar-refractivity contribution >= 4 is 28.4 Å². The van der Waals surface area contributed by atoms with Crippen LogP contribution in [0, 0.1) is 0 Å². The number of anilines is 1. The van der Waals surface area contributed by atoms with E-state index in [4.69, 9.17) is 0 Å². The molecular weight excluding hydrogens is 338 g/mol. The SMILES string of the molecule is O=C(Cc1csc(NC(=O)NC2CCCC2)n1)NCc1ccncc1. The van der Waals surface area contributed by atoms with Crippen LogP contribution in [0.5, 0.6) is 0 Å². The van der Waals surface area contributed by atoms with Gasteiger partial charge in [-0.05, 0) is 30.5 Å². The maximum atomic E-state index is 12.0. The van der Waals surface area contributed by atoms with E-state index in [-0.39, 0.29) is 24.4 Å². The molecule has 0 unspecified atom stereocenters. The fourth-order valence-corrected chi connectivity index (χ4v) is 3.47. The van der Waals surface area contributed by atoms with Crippen molar-refractivity contribution in [3.8, 4) is 0 Å². The number of nitrogens with one attached hydrogen (secondary N) is 3. The first-order chi connectivity index (χ1) is 12.2. The maximum Gasteiger partial charge on any atom is 0.321 e. The fraction of sp³-hybridized carbons (Fsp3) is 0.412. The topological polar surface area (TPSA) is 96.0 Å². The molecule has 0 saturated heterocycles. The molecule has 1 saturated carbocycles. The van der Waals surface area contributed by atoms with Crippen LogP contribution in [0.3, 0.4) is 0 Å². The van der Waals surface area contributed by atoms with Gasteiger partial charge in [0.05, 0.1) is 12.1 Å². The number of pyridine rings is 1. The van der Waals surface area contributed by atoms with Crippen LogP contribution in [0.2, 0.25) is 0 Å². The van der Waals surface area contributed by atoms with Gasteiger partial charge < -0.3 is 10.6 Å². The highest BCUT2D eigenvalue weighted by Crippen LogP contribution is 2.19. The number of hydrogen-bond donors (Lipinski definition) is 3. The highest BCUT2D eigenvalue weighted by molar-refractivity contribution is 7.13. The summed E-state index contributed by atoms with van der Waals surface area (Å²) < 4.78 is 0. The standard InChI is InChI=1S/C17H21N5O2S/c23-15(19-10-12-5-7-18-8-6-12)9-14-11-25-17(21-14)22-16(24)20-13-3-1-2-4-13/h5-8,11,13H,1-4,9-10H2,(H,19,23)(H2,20,21,22,24). The number of rotatable bonds is 6. The minimum absolute atomic E-state index is 0.107. The van der Waals surface area contributed by atoms with Gasteiger partial charge in [-0.2, -0.15) is 0 Å². The highest BCUT2D eigenvalue weighted by atomic mass is 32.1. The molecule has 0 atom stereocenters. The third-order valence-corrected chi connectivity index (χ3v) is 4.85. The molecule has 0 radical (unpaired) electrons. The number of aromatic nitrogens is 2. The Balaban J connectivity index is 1.42. The first kappa shape index (κ1) is 17.3. The summed E-state index contributed by atoms with van der Waals surface area (Å²) in [4.78, 5) is 32.1. The number of amides is 3. The number of hydrogen-bond acceptors (Lipinski definition) is 5. The van der Waals surface area contributed by atoms with Crippen molar-refractivity contribution in [2.24, 2.45) is 0 Å². The van der Waals surface area contributed by atoms with Crippen molar-refractivity contribution in [2.75, 3.05) is 5.32 Å². The summed E-state index contributed by atoms with van der Waals surface area (Å²) >= 11 is 1.32. The van der Waals surface area contributed by atoms with E-state index in [1.54, 1.807) is 17.8 Å². The van der Waals surface area contributed by atoms with Gasteiger partial charge in [0.1, 0.15) is 0 Å². The number of carbonyl (C=O) groups excluding carboxylic acids is 2. The van der Waals surface area contributed by atoms with Crippen molar-refractivity contribution in [2.45, 2.75) is 44.7 Å². The number of urea groups is 1. The van der Waals surface area contributed by atoms with Gasteiger partial charge in [0.15, 0.2) is 5.13 Å². The van der Waals surface area contributed by atoms with E-state index in [1.165, 1.54) is 24.2 Å². The summed E-state index contributed by atoms with van der Waals surface area (Å²) in [6.07, 6.45) is 7.98. The predicted octanol–water partition coefficient (Wildman–Crippen LogP) is 2.46. The molecule has 132 valence electrons. The van der Waals surface area contributed by atoms with Gasteiger partial charge in [0, 0.05) is 30.4 Å². The van der Waals surface area contributed by atoms with Gasteiger partial charge in [-0.3, -0.25) is 15.1 Å². The van der Waals surface area contributed by atoms with Crippen LogP contribution in [-0.4, -0.2) is 27.9 Å².